The smallest absolute Gasteiger partial charge is 0.326 e. The number of esters is 1. The first-order valence-corrected chi connectivity index (χ1v) is 7.27. The van der Waals surface area contributed by atoms with E-state index in [0.717, 1.165) is 10.5 Å². The number of aromatic hydroxyl groups is 1. The van der Waals surface area contributed by atoms with Crippen molar-refractivity contribution in [2.45, 2.75) is 18.5 Å². The fraction of sp³-hybridized carbons (Fsp3) is 0.438. The molecule has 2 aliphatic rings. The molecular weight excluding hydrogens is 300 g/mol. The molecule has 4 atom stereocenters. The van der Waals surface area contributed by atoms with Crippen molar-refractivity contribution in [3.8, 4) is 5.75 Å². The Bertz CT molecular complexity index is 686. The van der Waals surface area contributed by atoms with E-state index in [9.17, 15) is 19.5 Å². The summed E-state index contributed by atoms with van der Waals surface area (Å²) in [5.74, 6) is -2.68. The first-order valence-electron chi connectivity index (χ1n) is 7.27. The number of nitrogens with zero attached hydrogens (tertiary/aromatic N) is 1. The zero-order valence-corrected chi connectivity index (χ0v) is 13.1. The molecule has 0 aromatic heterocycles. The minimum Gasteiger partial charge on any atom is -0.508 e. The highest BCUT2D eigenvalue weighted by atomic mass is 16.5. The van der Waals surface area contributed by atoms with Crippen LogP contribution in [-0.2, 0) is 19.1 Å². The molecule has 23 heavy (non-hydrogen) atoms. The highest BCUT2D eigenvalue weighted by Gasteiger charge is 2.66. The molecule has 7 heteroatoms. The molecule has 2 fully saturated rings. The first kappa shape index (κ1) is 15.5. The second kappa shape index (κ2) is 5.06. The quantitative estimate of drug-likeness (QED) is 0.597. The summed E-state index contributed by atoms with van der Waals surface area (Å²) < 4.78 is 4.84. The second-order valence-electron chi connectivity index (χ2n) is 6.15. The normalized spacial score (nSPS) is 33.0. The summed E-state index contributed by atoms with van der Waals surface area (Å²) in [4.78, 5) is 38.3. The summed E-state index contributed by atoms with van der Waals surface area (Å²) in [6.07, 6.45) is 0. The van der Waals surface area contributed by atoms with Crippen molar-refractivity contribution in [1.29, 1.82) is 0 Å². The molecule has 3 rings (SSSR count). The lowest BCUT2D eigenvalue weighted by Gasteiger charge is -2.27. The Balaban J connectivity index is 2.09. The van der Waals surface area contributed by atoms with Gasteiger partial charge in [-0.25, -0.2) is 0 Å². The fourth-order valence-electron chi connectivity index (χ4n) is 3.65. The summed E-state index contributed by atoms with van der Waals surface area (Å²) in [6.45, 7) is 1.58. The minimum atomic E-state index is -1.28. The van der Waals surface area contributed by atoms with Crippen LogP contribution in [0.4, 0.5) is 0 Å². The Labute approximate surface area is 133 Å². The van der Waals surface area contributed by atoms with Crippen LogP contribution in [0.15, 0.2) is 24.3 Å². The predicted octanol–water partition coefficient (Wildman–Crippen LogP) is 0.199. The number of carbonyl (C=O) groups excluding carboxylic acids is 3. The van der Waals surface area contributed by atoms with Crippen LogP contribution in [0.2, 0.25) is 0 Å². The van der Waals surface area contributed by atoms with Crippen LogP contribution in [0, 0.1) is 11.8 Å². The number of nitrogens with one attached hydrogen (secondary N) is 1. The number of phenolic OH excluding ortho intramolecular Hbond substituents is 1. The molecule has 1 aromatic carbocycles. The highest BCUT2D eigenvalue weighted by Crippen LogP contribution is 2.48. The van der Waals surface area contributed by atoms with Crippen LogP contribution < -0.4 is 5.32 Å². The molecule has 2 heterocycles. The number of imide groups is 1. The number of methoxy groups -OCH3 is 1. The average molecular weight is 318 g/mol. The van der Waals surface area contributed by atoms with Crippen LogP contribution in [0.3, 0.4) is 0 Å². The van der Waals surface area contributed by atoms with Crippen molar-refractivity contribution in [3.63, 3.8) is 0 Å². The van der Waals surface area contributed by atoms with Gasteiger partial charge in [0.25, 0.3) is 0 Å². The molecule has 2 saturated heterocycles. The Morgan fingerprint density at radius 1 is 1.26 bits per heavy atom. The molecule has 2 N–H and O–H groups in total. The number of likely N-dealkylation sites (tertiary alicyclic amines) is 1. The van der Waals surface area contributed by atoms with Gasteiger partial charge in [-0.2, -0.15) is 0 Å². The molecule has 0 aliphatic carbocycles. The van der Waals surface area contributed by atoms with Crippen LogP contribution in [0.25, 0.3) is 0 Å². The molecule has 122 valence electrons. The summed E-state index contributed by atoms with van der Waals surface area (Å²) in [6, 6.07) is 5.84. The number of fused-ring (bicyclic) bond motifs is 1. The molecule has 0 unspecified atom stereocenters. The summed E-state index contributed by atoms with van der Waals surface area (Å²) in [5.41, 5.74) is -0.554. The Kier molecular flexibility index (Phi) is 3.40. The topological polar surface area (TPSA) is 95.9 Å². The lowest BCUT2D eigenvalue weighted by atomic mass is 9.80. The molecule has 7 nitrogen and oxygen atoms in total. The third-order valence-electron chi connectivity index (χ3n) is 4.87. The average Bonchev–Trinajstić information content (AvgIpc) is 2.97. The van der Waals surface area contributed by atoms with E-state index in [2.05, 4.69) is 5.32 Å². The molecule has 0 radical (unpaired) electrons. The van der Waals surface area contributed by atoms with E-state index in [0.29, 0.717) is 0 Å². The predicted molar refractivity (Wildman–Crippen MR) is 79.2 cm³/mol. The SMILES string of the molecule is COC(=O)[C@@]1(C)N[C@@H](c2ccc(O)cc2)[C@H]2C(=O)N(C)C(=O)[C@@H]21. The number of ether oxygens (including phenoxy) is 1. The molecule has 0 spiro atoms. The second-order valence-corrected chi connectivity index (χ2v) is 6.15. The van der Waals surface area contributed by atoms with Crippen molar-refractivity contribution in [1.82, 2.24) is 10.2 Å². The maximum absolute atomic E-state index is 12.5. The number of rotatable bonds is 2. The number of amides is 2. The standard InChI is InChI=1S/C16H18N2O5/c1-16(15(22)23-3)11-10(13(20)18(2)14(11)21)12(17-16)8-4-6-9(19)7-5-8/h4-7,10-12,17,19H,1-3H3/t10-,11+,12-,16-/m0/s1. The van der Waals surface area contributed by atoms with Crippen molar-refractivity contribution >= 4 is 17.8 Å². The van der Waals surface area contributed by atoms with E-state index in [1.54, 1.807) is 19.1 Å². The summed E-state index contributed by atoms with van der Waals surface area (Å²) in [7, 11) is 2.68. The van der Waals surface area contributed by atoms with Crippen molar-refractivity contribution in [3.05, 3.63) is 29.8 Å². The van der Waals surface area contributed by atoms with E-state index in [-0.39, 0.29) is 17.6 Å². The van der Waals surface area contributed by atoms with Crippen LogP contribution >= 0.6 is 0 Å². The van der Waals surface area contributed by atoms with Gasteiger partial charge in [0.05, 0.1) is 18.9 Å². The zero-order chi connectivity index (χ0) is 16.9. The first-order chi connectivity index (χ1) is 10.8. The van der Waals surface area contributed by atoms with Crippen molar-refractivity contribution in [2.75, 3.05) is 14.2 Å². The van der Waals surface area contributed by atoms with Gasteiger partial charge in [-0.1, -0.05) is 12.1 Å². The van der Waals surface area contributed by atoms with Crippen LogP contribution in [0.1, 0.15) is 18.5 Å². The highest BCUT2D eigenvalue weighted by molar-refractivity contribution is 6.09. The number of carbonyl (C=O) groups is 3. The van der Waals surface area contributed by atoms with Gasteiger partial charge >= 0.3 is 5.97 Å². The van der Waals surface area contributed by atoms with E-state index in [1.807, 2.05) is 0 Å². The Morgan fingerprint density at radius 3 is 2.43 bits per heavy atom. The molecular formula is C16H18N2O5. The molecule has 0 bridgehead atoms. The largest absolute Gasteiger partial charge is 0.508 e. The van der Waals surface area contributed by atoms with E-state index in [1.165, 1.54) is 26.3 Å². The maximum Gasteiger partial charge on any atom is 0.326 e. The van der Waals surface area contributed by atoms with Gasteiger partial charge in [0.1, 0.15) is 11.3 Å². The van der Waals surface area contributed by atoms with Crippen molar-refractivity contribution < 1.29 is 24.2 Å². The van der Waals surface area contributed by atoms with Crippen molar-refractivity contribution in [2.24, 2.45) is 11.8 Å². The number of hydrogen-bond donors (Lipinski definition) is 2. The Hall–Kier alpha value is -2.41. The summed E-state index contributed by atoms with van der Waals surface area (Å²) in [5, 5.41) is 12.5. The minimum absolute atomic E-state index is 0.102. The monoisotopic (exact) mass is 318 g/mol. The van der Waals surface area contributed by atoms with Gasteiger partial charge in [0.2, 0.25) is 11.8 Å². The van der Waals surface area contributed by atoms with Gasteiger partial charge in [-0.05, 0) is 24.6 Å². The van der Waals surface area contributed by atoms with Crippen LogP contribution in [0.5, 0.6) is 5.75 Å². The van der Waals surface area contributed by atoms with Gasteiger partial charge in [0.15, 0.2) is 0 Å². The van der Waals surface area contributed by atoms with Gasteiger partial charge in [-0.15, -0.1) is 0 Å². The van der Waals surface area contributed by atoms with E-state index >= 15 is 0 Å². The zero-order valence-electron chi connectivity index (χ0n) is 13.1. The number of hydrogen-bond acceptors (Lipinski definition) is 6. The number of phenols is 1. The van der Waals surface area contributed by atoms with Gasteiger partial charge < -0.3 is 9.84 Å². The molecule has 1 aromatic rings. The van der Waals surface area contributed by atoms with E-state index < -0.39 is 29.4 Å². The maximum atomic E-state index is 12.5. The molecule has 2 aliphatic heterocycles. The van der Waals surface area contributed by atoms with Gasteiger partial charge in [0, 0.05) is 13.1 Å². The van der Waals surface area contributed by atoms with E-state index in [4.69, 9.17) is 4.74 Å². The molecule has 0 saturated carbocycles. The number of benzene rings is 1. The summed E-state index contributed by atoms with van der Waals surface area (Å²) >= 11 is 0. The molecule has 2 amide bonds. The van der Waals surface area contributed by atoms with Gasteiger partial charge in [-0.3, -0.25) is 24.6 Å². The lowest BCUT2D eigenvalue weighted by molar-refractivity contribution is -0.152. The third kappa shape index (κ3) is 2.03. The third-order valence-corrected chi connectivity index (χ3v) is 4.87. The lowest BCUT2D eigenvalue weighted by Crippen LogP contribution is -2.53. The fourth-order valence-corrected chi connectivity index (χ4v) is 3.65. The van der Waals surface area contributed by atoms with Crippen LogP contribution in [-0.4, -0.2) is 47.5 Å². The Morgan fingerprint density at radius 2 is 1.87 bits per heavy atom.